The highest BCUT2D eigenvalue weighted by molar-refractivity contribution is 7.98. The molecule has 0 atom stereocenters. The molecule has 2 N–H and O–H groups in total. The van der Waals surface area contributed by atoms with E-state index in [9.17, 15) is 0 Å². The normalized spacial score (nSPS) is 11.6. The van der Waals surface area contributed by atoms with E-state index >= 15 is 0 Å². The van der Waals surface area contributed by atoms with Gasteiger partial charge in [-0.15, -0.1) is 0 Å². The van der Waals surface area contributed by atoms with Gasteiger partial charge in [0.15, 0.2) is 5.96 Å². The summed E-state index contributed by atoms with van der Waals surface area (Å²) in [6, 6.07) is 8.21. The van der Waals surface area contributed by atoms with Crippen LogP contribution in [0.1, 0.15) is 25.3 Å². The second-order valence-electron chi connectivity index (χ2n) is 4.96. The molecule has 21 heavy (non-hydrogen) atoms. The maximum atomic E-state index is 5.87. The van der Waals surface area contributed by atoms with E-state index in [0.717, 1.165) is 30.6 Å². The number of aliphatic imine (C=N–C) groups is 1. The van der Waals surface area contributed by atoms with Gasteiger partial charge in [0.2, 0.25) is 0 Å². The Morgan fingerprint density at radius 1 is 1.24 bits per heavy atom. The van der Waals surface area contributed by atoms with E-state index in [1.54, 1.807) is 7.05 Å². The molecule has 0 saturated heterocycles. The molecule has 0 fully saturated rings. The zero-order chi connectivity index (χ0) is 15.5. The number of rotatable bonds is 8. The first-order valence-corrected chi connectivity index (χ1v) is 8.73. The van der Waals surface area contributed by atoms with E-state index in [1.165, 1.54) is 5.56 Å². The minimum absolute atomic E-state index is 0.468. The van der Waals surface area contributed by atoms with Crippen LogP contribution in [0.15, 0.2) is 29.3 Å². The first-order chi connectivity index (χ1) is 10.2. The Balaban J connectivity index is 2.33. The molecule has 0 aliphatic carbocycles. The lowest BCUT2D eigenvalue weighted by Gasteiger charge is -2.15. The molecule has 0 amide bonds. The summed E-state index contributed by atoms with van der Waals surface area (Å²) < 4.78 is 5.87. The number of ether oxygens (including phenoxy) is 1. The van der Waals surface area contributed by atoms with Crippen LogP contribution in [0, 0.1) is 0 Å². The molecule has 0 aliphatic heterocycles. The molecule has 0 heterocycles. The predicted molar refractivity (Wildman–Crippen MR) is 93.8 cm³/mol. The Bertz CT molecular complexity index is 435. The molecule has 0 bridgehead atoms. The number of para-hydroxylation sites is 1. The summed E-state index contributed by atoms with van der Waals surface area (Å²) in [5, 5.41) is 6.51. The summed E-state index contributed by atoms with van der Waals surface area (Å²) in [6.07, 6.45) is 2.10. The van der Waals surface area contributed by atoms with Gasteiger partial charge in [0, 0.05) is 19.3 Å². The Morgan fingerprint density at radius 2 is 1.95 bits per heavy atom. The van der Waals surface area contributed by atoms with Crippen LogP contribution in [-0.4, -0.2) is 44.7 Å². The van der Waals surface area contributed by atoms with Crippen molar-refractivity contribution in [2.24, 2.45) is 4.99 Å². The average Bonchev–Trinajstić information content (AvgIpc) is 2.50. The standard InChI is InChI=1S/C16H27N3OS/c1-13(2)14-7-5-6-8-15(14)20-11-9-18-16(17-3)19-10-12-21-4/h5-8,13H,9-12H2,1-4H3,(H2,17,18,19). The van der Waals surface area contributed by atoms with Crippen LogP contribution in [0.2, 0.25) is 0 Å². The van der Waals surface area contributed by atoms with E-state index in [-0.39, 0.29) is 0 Å². The van der Waals surface area contributed by atoms with Crippen molar-refractivity contribution >= 4 is 17.7 Å². The topological polar surface area (TPSA) is 45.7 Å². The molecule has 0 saturated carbocycles. The molecule has 0 unspecified atom stereocenters. The molecular weight excluding hydrogens is 282 g/mol. The monoisotopic (exact) mass is 309 g/mol. The fourth-order valence-electron chi connectivity index (χ4n) is 1.91. The van der Waals surface area contributed by atoms with Gasteiger partial charge in [-0.1, -0.05) is 32.0 Å². The van der Waals surface area contributed by atoms with Crippen molar-refractivity contribution in [2.45, 2.75) is 19.8 Å². The third-order valence-corrected chi connectivity index (χ3v) is 3.63. The molecule has 0 radical (unpaired) electrons. The maximum Gasteiger partial charge on any atom is 0.191 e. The average molecular weight is 309 g/mol. The van der Waals surface area contributed by atoms with Gasteiger partial charge in [-0.25, -0.2) is 0 Å². The summed E-state index contributed by atoms with van der Waals surface area (Å²) in [4.78, 5) is 4.18. The Hall–Kier alpha value is -1.36. The van der Waals surface area contributed by atoms with E-state index < -0.39 is 0 Å². The van der Waals surface area contributed by atoms with Crippen molar-refractivity contribution < 1.29 is 4.74 Å². The lowest BCUT2D eigenvalue weighted by molar-refractivity contribution is 0.317. The molecule has 0 aliphatic rings. The summed E-state index contributed by atoms with van der Waals surface area (Å²) in [5.74, 6) is 3.33. The number of thioether (sulfide) groups is 1. The Labute approximate surface area is 132 Å². The van der Waals surface area contributed by atoms with Crippen LogP contribution in [0.3, 0.4) is 0 Å². The minimum Gasteiger partial charge on any atom is -0.491 e. The number of guanidine groups is 1. The van der Waals surface area contributed by atoms with Crippen molar-refractivity contribution in [3.8, 4) is 5.75 Å². The SMILES string of the molecule is CN=C(NCCOc1ccccc1C(C)C)NCCSC. The summed E-state index contributed by atoms with van der Waals surface area (Å²) >= 11 is 1.81. The lowest BCUT2D eigenvalue weighted by Crippen LogP contribution is -2.40. The van der Waals surface area contributed by atoms with Gasteiger partial charge in [-0.2, -0.15) is 11.8 Å². The van der Waals surface area contributed by atoms with E-state index in [2.05, 4.69) is 47.9 Å². The van der Waals surface area contributed by atoms with Crippen molar-refractivity contribution in [2.75, 3.05) is 38.8 Å². The van der Waals surface area contributed by atoms with E-state index in [4.69, 9.17) is 4.74 Å². The van der Waals surface area contributed by atoms with Gasteiger partial charge in [0.05, 0.1) is 6.54 Å². The highest BCUT2D eigenvalue weighted by atomic mass is 32.2. The van der Waals surface area contributed by atoms with Crippen LogP contribution in [0.4, 0.5) is 0 Å². The molecule has 118 valence electrons. The molecule has 5 heteroatoms. The van der Waals surface area contributed by atoms with E-state index in [0.29, 0.717) is 12.5 Å². The third kappa shape index (κ3) is 6.76. The highest BCUT2D eigenvalue weighted by Crippen LogP contribution is 2.25. The third-order valence-electron chi connectivity index (χ3n) is 3.02. The minimum atomic E-state index is 0.468. The van der Waals surface area contributed by atoms with Crippen LogP contribution in [-0.2, 0) is 0 Å². The van der Waals surface area contributed by atoms with Gasteiger partial charge in [0.25, 0.3) is 0 Å². The molecule has 4 nitrogen and oxygen atoms in total. The quantitative estimate of drug-likeness (QED) is 0.440. The van der Waals surface area contributed by atoms with Crippen LogP contribution in [0.25, 0.3) is 0 Å². The maximum absolute atomic E-state index is 5.87. The zero-order valence-electron chi connectivity index (χ0n) is 13.5. The number of nitrogens with one attached hydrogen (secondary N) is 2. The molecule has 0 spiro atoms. The lowest BCUT2D eigenvalue weighted by atomic mass is 10.0. The van der Waals surface area contributed by atoms with Crippen LogP contribution >= 0.6 is 11.8 Å². The summed E-state index contributed by atoms with van der Waals surface area (Å²) in [6.45, 7) is 6.62. The fourth-order valence-corrected chi connectivity index (χ4v) is 2.22. The Morgan fingerprint density at radius 3 is 2.62 bits per heavy atom. The van der Waals surface area contributed by atoms with Crippen molar-refractivity contribution in [1.29, 1.82) is 0 Å². The zero-order valence-corrected chi connectivity index (χ0v) is 14.3. The van der Waals surface area contributed by atoms with Gasteiger partial charge in [0.1, 0.15) is 12.4 Å². The van der Waals surface area contributed by atoms with Gasteiger partial charge < -0.3 is 15.4 Å². The number of benzene rings is 1. The number of hydrogen-bond donors (Lipinski definition) is 2. The summed E-state index contributed by atoms with van der Waals surface area (Å²) in [7, 11) is 1.78. The first-order valence-electron chi connectivity index (χ1n) is 7.34. The molecule has 1 rings (SSSR count). The Kier molecular flexibility index (Phi) is 8.74. The number of hydrogen-bond acceptors (Lipinski definition) is 3. The fraction of sp³-hybridized carbons (Fsp3) is 0.562. The largest absolute Gasteiger partial charge is 0.491 e. The number of nitrogens with zero attached hydrogens (tertiary/aromatic N) is 1. The van der Waals surface area contributed by atoms with E-state index in [1.807, 2.05) is 23.9 Å². The van der Waals surface area contributed by atoms with Crippen molar-refractivity contribution in [3.05, 3.63) is 29.8 Å². The highest BCUT2D eigenvalue weighted by Gasteiger charge is 2.06. The van der Waals surface area contributed by atoms with Crippen LogP contribution < -0.4 is 15.4 Å². The second-order valence-corrected chi connectivity index (χ2v) is 5.95. The molecular formula is C16H27N3OS. The first kappa shape index (κ1) is 17.7. The van der Waals surface area contributed by atoms with Gasteiger partial charge in [-0.3, -0.25) is 4.99 Å². The molecule has 0 aromatic heterocycles. The van der Waals surface area contributed by atoms with Gasteiger partial charge >= 0.3 is 0 Å². The smallest absolute Gasteiger partial charge is 0.191 e. The molecule has 1 aromatic rings. The second kappa shape index (κ2) is 10.4. The van der Waals surface area contributed by atoms with Gasteiger partial charge in [-0.05, 0) is 23.8 Å². The predicted octanol–water partition coefficient (Wildman–Crippen LogP) is 2.72. The summed E-state index contributed by atoms with van der Waals surface area (Å²) in [5.41, 5.74) is 1.25. The van der Waals surface area contributed by atoms with Crippen molar-refractivity contribution in [3.63, 3.8) is 0 Å². The van der Waals surface area contributed by atoms with Crippen molar-refractivity contribution in [1.82, 2.24) is 10.6 Å². The van der Waals surface area contributed by atoms with Crippen LogP contribution in [0.5, 0.6) is 5.75 Å². The molecule has 1 aromatic carbocycles.